The van der Waals surface area contributed by atoms with Crippen molar-refractivity contribution in [1.29, 1.82) is 0 Å². The molecule has 2 N–H and O–H groups in total. The van der Waals surface area contributed by atoms with Crippen LogP contribution in [0, 0.1) is 0 Å². The Morgan fingerprint density at radius 3 is 2.85 bits per heavy atom. The van der Waals surface area contributed by atoms with Crippen LogP contribution in [0.25, 0.3) is 0 Å². The first-order valence-corrected chi connectivity index (χ1v) is 7.08. The fraction of sp³-hybridized carbons (Fsp3) is 0.438. The van der Waals surface area contributed by atoms with Crippen molar-refractivity contribution in [3.63, 3.8) is 0 Å². The lowest BCUT2D eigenvalue weighted by molar-refractivity contribution is 0.407. The Balaban J connectivity index is 2.31. The van der Waals surface area contributed by atoms with E-state index >= 15 is 0 Å². The first kappa shape index (κ1) is 14.6. The minimum Gasteiger partial charge on any atom is -0.496 e. The van der Waals surface area contributed by atoms with Gasteiger partial charge in [0.15, 0.2) is 0 Å². The summed E-state index contributed by atoms with van der Waals surface area (Å²) in [6, 6.07) is 6.16. The van der Waals surface area contributed by atoms with Gasteiger partial charge in [0.1, 0.15) is 11.6 Å². The van der Waals surface area contributed by atoms with Gasteiger partial charge in [-0.3, -0.25) is 0 Å². The number of aromatic nitrogens is 2. The van der Waals surface area contributed by atoms with E-state index in [2.05, 4.69) is 22.5 Å². The maximum absolute atomic E-state index is 5.97. The van der Waals surface area contributed by atoms with Crippen molar-refractivity contribution in [3.05, 3.63) is 47.5 Å². The second-order valence-electron chi connectivity index (χ2n) is 5.08. The molecule has 0 amide bonds. The minimum atomic E-state index is 0.0255. The number of imidazole rings is 1. The number of hydrogen-bond acceptors (Lipinski definition) is 3. The third-order valence-corrected chi connectivity index (χ3v) is 3.45. The quantitative estimate of drug-likeness (QED) is 0.880. The standard InChI is InChI=1S/C16H23N3O/c1-4-5-16-18-8-9-19(16)11-14-10-13(12(2)17)6-7-15(14)20-3/h6-10,12H,4-5,11,17H2,1-3H3. The molecule has 0 aliphatic rings. The average Bonchev–Trinajstić information content (AvgIpc) is 2.86. The number of hydrogen-bond donors (Lipinski definition) is 1. The second-order valence-corrected chi connectivity index (χ2v) is 5.08. The van der Waals surface area contributed by atoms with Gasteiger partial charge in [0.25, 0.3) is 0 Å². The molecule has 1 atom stereocenters. The molecular weight excluding hydrogens is 250 g/mol. The highest BCUT2D eigenvalue weighted by molar-refractivity contribution is 5.38. The number of rotatable bonds is 6. The van der Waals surface area contributed by atoms with Gasteiger partial charge in [-0.1, -0.05) is 13.0 Å². The Kier molecular flexibility index (Phi) is 4.79. The summed E-state index contributed by atoms with van der Waals surface area (Å²) in [5.41, 5.74) is 8.22. The summed E-state index contributed by atoms with van der Waals surface area (Å²) in [6.07, 6.45) is 5.95. The molecule has 20 heavy (non-hydrogen) atoms. The third-order valence-electron chi connectivity index (χ3n) is 3.45. The lowest BCUT2D eigenvalue weighted by atomic mass is 10.0. The van der Waals surface area contributed by atoms with E-state index in [1.54, 1.807) is 7.11 Å². The van der Waals surface area contributed by atoms with Crippen LogP contribution in [-0.4, -0.2) is 16.7 Å². The zero-order valence-electron chi connectivity index (χ0n) is 12.5. The van der Waals surface area contributed by atoms with Gasteiger partial charge in [-0.2, -0.15) is 0 Å². The first-order chi connectivity index (χ1) is 9.65. The van der Waals surface area contributed by atoms with E-state index in [0.29, 0.717) is 0 Å². The zero-order chi connectivity index (χ0) is 14.5. The monoisotopic (exact) mass is 273 g/mol. The Morgan fingerprint density at radius 1 is 1.40 bits per heavy atom. The molecule has 0 aliphatic heterocycles. The number of aryl methyl sites for hydroxylation is 1. The van der Waals surface area contributed by atoms with Crippen LogP contribution < -0.4 is 10.5 Å². The van der Waals surface area contributed by atoms with Gasteiger partial charge < -0.3 is 15.0 Å². The number of ether oxygens (including phenoxy) is 1. The van der Waals surface area contributed by atoms with Crippen molar-refractivity contribution in [3.8, 4) is 5.75 Å². The summed E-state index contributed by atoms with van der Waals surface area (Å²) in [7, 11) is 1.70. The molecule has 108 valence electrons. The number of methoxy groups -OCH3 is 1. The highest BCUT2D eigenvalue weighted by Gasteiger charge is 2.09. The molecule has 1 heterocycles. The Morgan fingerprint density at radius 2 is 2.20 bits per heavy atom. The molecule has 0 saturated carbocycles. The highest BCUT2D eigenvalue weighted by Crippen LogP contribution is 2.24. The maximum atomic E-state index is 5.97. The van der Waals surface area contributed by atoms with E-state index in [9.17, 15) is 0 Å². The van der Waals surface area contributed by atoms with Crippen molar-refractivity contribution in [2.24, 2.45) is 5.73 Å². The van der Waals surface area contributed by atoms with Crippen LogP contribution in [0.15, 0.2) is 30.6 Å². The zero-order valence-corrected chi connectivity index (χ0v) is 12.5. The second kappa shape index (κ2) is 6.57. The highest BCUT2D eigenvalue weighted by atomic mass is 16.5. The number of nitrogens with zero attached hydrogens (tertiary/aromatic N) is 2. The molecule has 0 bridgehead atoms. The molecule has 0 fully saturated rings. The van der Waals surface area contributed by atoms with E-state index in [1.807, 2.05) is 31.5 Å². The predicted molar refractivity (Wildman–Crippen MR) is 80.9 cm³/mol. The van der Waals surface area contributed by atoms with Gasteiger partial charge in [0.05, 0.1) is 13.7 Å². The van der Waals surface area contributed by atoms with Crippen LogP contribution in [0.1, 0.15) is 43.3 Å². The molecule has 1 aromatic heterocycles. The summed E-state index contributed by atoms with van der Waals surface area (Å²) in [5, 5.41) is 0. The number of benzene rings is 1. The van der Waals surface area contributed by atoms with Crippen LogP contribution in [-0.2, 0) is 13.0 Å². The Bertz CT molecular complexity index is 561. The molecular formula is C16H23N3O. The fourth-order valence-electron chi connectivity index (χ4n) is 2.32. The normalized spacial score (nSPS) is 12.4. The van der Waals surface area contributed by atoms with Gasteiger partial charge in [-0.25, -0.2) is 4.98 Å². The summed E-state index contributed by atoms with van der Waals surface area (Å²) in [4.78, 5) is 4.41. The van der Waals surface area contributed by atoms with Gasteiger partial charge in [0, 0.05) is 30.4 Å². The molecule has 0 aliphatic carbocycles. The van der Waals surface area contributed by atoms with Gasteiger partial charge in [0.2, 0.25) is 0 Å². The summed E-state index contributed by atoms with van der Waals surface area (Å²) < 4.78 is 7.63. The van der Waals surface area contributed by atoms with E-state index in [1.165, 1.54) is 0 Å². The van der Waals surface area contributed by atoms with Gasteiger partial charge in [-0.15, -0.1) is 0 Å². The topological polar surface area (TPSA) is 53.1 Å². The average molecular weight is 273 g/mol. The van der Waals surface area contributed by atoms with E-state index in [-0.39, 0.29) is 6.04 Å². The van der Waals surface area contributed by atoms with E-state index < -0.39 is 0 Å². The van der Waals surface area contributed by atoms with E-state index in [0.717, 1.165) is 42.1 Å². The molecule has 0 radical (unpaired) electrons. The smallest absolute Gasteiger partial charge is 0.123 e. The van der Waals surface area contributed by atoms with Crippen LogP contribution in [0.3, 0.4) is 0 Å². The van der Waals surface area contributed by atoms with Crippen LogP contribution in [0.2, 0.25) is 0 Å². The van der Waals surface area contributed by atoms with Crippen LogP contribution in [0.4, 0.5) is 0 Å². The van der Waals surface area contributed by atoms with Gasteiger partial charge in [-0.05, 0) is 31.0 Å². The lowest BCUT2D eigenvalue weighted by Gasteiger charge is -2.14. The summed E-state index contributed by atoms with van der Waals surface area (Å²) >= 11 is 0. The van der Waals surface area contributed by atoms with Gasteiger partial charge >= 0.3 is 0 Å². The number of nitrogens with two attached hydrogens (primary N) is 1. The first-order valence-electron chi connectivity index (χ1n) is 7.08. The predicted octanol–water partition coefficient (Wildman–Crippen LogP) is 2.91. The Labute approximate surface area is 120 Å². The fourth-order valence-corrected chi connectivity index (χ4v) is 2.32. The minimum absolute atomic E-state index is 0.0255. The van der Waals surface area contributed by atoms with E-state index in [4.69, 9.17) is 10.5 Å². The molecule has 4 nitrogen and oxygen atoms in total. The molecule has 2 aromatic rings. The summed E-state index contributed by atoms with van der Waals surface area (Å²) in [6.45, 7) is 4.92. The molecule has 1 unspecified atom stereocenters. The van der Waals surface area contributed by atoms with Crippen LogP contribution >= 0.6 is 0 Å². The van der Waals surface area contributed by atoms with Crippen molar-refractivity contribution in [2.75, 3.05) is 7.11 Å². The van der Waals surface area contributed by atoms with Crippen molar-refractivity contribution >= 4 is 0 Å². The molecule has 0 spiro atoms. The molecule has 1 aromatic carbocycles. The SMILES string of the molecule is CCCc1nccn1Cc1cc(C(C)N)ccc1OC. The maximum Gasteiger partial charge on any atom is 0.123 e. The van der Waals surface area contributed by atoms with Crippen molar-refractivity contribution in [1.82, 2.24) is 9.55 Å². The summed E-state index contributed by atoms with van der Waals surface area (Å²) in [5.74, 6) is 2.01. The lowest BCUT2D eigenvalue weighted by Crippen LogP contribution is -2.09. The third kappa shape index (κ3) is 3.20. The largest absolute Gasteiger partial charge is 0.496 e. The van der Waals surface area contributed by atoms with Crippen molar-refractivity contribution in [2.45, 2.75) is 39.3 Å². The Hall–Kier alpha value is -1.81. The van der Waals surface area contributed by atoms with Crippen molar-refractivity contribution < 1.29 is 4.74 Å². The molecule has 2 rings (SSSR count). The molecule has 4 heteroatoms. The molecule has 0 saturated heterocycles. The van der Waals surface area contributed by atoms with Crippen LogP contribution in [0.5, 0.6) is 5.75 Å².